The monoisotopic (exact) mass is 170 g/mol. The molecular weight excluding hydrogens is 160 g/mol. The molecule has 1 N–H and O–H groups in total. The minimum absolute atomic E-state index is 0.0255. The standard InChI is InChI=1S/C4H6O3.C4H4O/c5-4(6)1-3-2-7-3;1-2-4-5-3-1/h3H,1-2H2,(H,5,6);1-4H. The fourth-order valence-electron chi connectivity index (χ4n) is 0.607. The van der Waals surface area contributed by atoms with Gasteiger partial charge in [0.2, 0.25) is 0 Å². The Bertz CT molecular complexity index is 196. The predicted octanol–water partition coefficient (Wildman–Crippen LogP) is 1.14. The second-order valence-corrected chi connectivity index (χ2v) is 2.35. The molecule has 4 heteroatoms. The first kappa shape index (κ1) is 8.80. The van der Waals surface area contributed by atoms with Crippen LogP contribution in [0.1, 0.15) is 6.42 Å². The maximum absolute atomic E-state index is 9.77. The molecule has 0 aliphatic carbocycles. The van der Waals surface area contributed by atoms with E-state index in [1.165, 1.54) is 0 Å². The van der Waals surface area contributed by atoms with Gasteiger partial charge in [0.05, 0.1) is 31.7 Å². The number of hydrogen-bond acceptors (Lipinski definition) is 3. The van der Waals surface area contributed by atoms with Crippen molar-refractivity contribution in [3.63, 3.8) is 0 Å². The molecule has 4 nitrogen and oxygen atoms in total. The second-order valence-electron chi connectivity index (χ2n) is 2.35. The number of hydrogen-bond donors (Lipinski definition) is 1. The third-order valence-corrected chi connectivity index (χ3v) is 1.23. The van der Waals surface area contributed by atoms with Crippen LogP contribution in [0.5, 0.6) is 0 Å². The summed E-state index contributed by atoms with van der Waals surface area (Å²) in [7, 11) is 0. The normalized spacial score (nSPS) is 19.2. The van der Waals surface area contributed by atoms with Gasteiger partial charge >= 0.3 is 5.97 Å². The average molecular weight is 170 g/mol. The van der Waals surface area contributed by atoms with Crippen molar-refractivity contribution in [2.24, 2.45) is 0 Å². The third-order valence-electron chi connectivity index (χ3n) is 1.23. The summed E-state index contributed by atoms with van der Waals surface area (Å²) in [6.45, 7) is 0.631. The van der Waals surface area contributed by atoms with Gasteiger partial charge in [0.15, 0.2) is 0 Å². The van der Waals surface area contributed by atoms with Gasteiger partial charge in [-0.1, -0.05) is 0 Å². The molecule has 0 amide bonds. The number of carboxylic acids is 1. The molecule has 1 aromatic rings. The lowest BCUT2D eigenvalue weighted by atomic mass is 10.3. The molecular formula is C8H10O4. The van der Waals surface area contributed by atoms with Crippen LogP contribution >= 0.6 is 0 Å². The van der Waals surface area contributed by atoms with Crippen LogP contribution in [-0.4, -0.2) is 23.8 Å². The molecule has 1 fully saturated rings. The van der Waals surface area contributed by atoms with Gasteiger partial charge in [0.25, 0.3) is 0 Å². The second kappa shape index (κ2) is 4.56. The smallest absolute Gasteiger partial charge is 0.306 e. The summed E-state index contributed by atoms with van der Waals surface area (Å²) >= 11 is 0. The van der Waals surface area contributed by atoms with Gasteiger partial charge in [-0.15, -0.1) is 0 Å². The fourth-order valence-corrected chi connectivity index (χ4v) is 0.607. The molecule has 1 saturated heterocycles. The molecule has 1 unspecified atom stereocenters. The van der Waals surface area contributed by atoms with Crippen molar-refractivity contribution in [3.05, 3.63) is 24.7 Å². The molecule has 12 heavy (non-hydrogen) atoms. The quantitative estimate of drug-likeness (QED) is 0.676. The van der Waals surface area contributed by atoms with Gasteiger partial charge in [-0.25, -0.2) is 0 Å². The summed E-state index contributed by atoms with van der Waals surface area (Å²) in [5.74, 6) is -0.775. The van der Waals surface area contributed by atoms with Gasteiger partial charge < -0.3 is 14.3 Å². The molecule has 0 aromatic carbocycles. The number of carbonyl (C=O) groups is 1. The van der Waals surface area contributed by atoms with Crippen molar-refractivity contribution in [2.75, 3.05) is 6.61 Å². The summed E-state index contributed by atoms with van der Waals surface area (Å²) in [4.78, 5) is 9.77. The molecule has 1 atom stereocenters. The van der Waals surface area contributed by atoms with E-state index >= 15 is 0 Å². The Morgan fingerprint density at radius 1 is 1.50 bits per heavy atom. The van der Waals surface area contributed by atoms with Crippen molar-refractivity contribution >= 4 is 5.97 Å². The Hall–Kier alpha value is -1.29. The molecule has 1 aliphatic rings. The summed E-state index contributed by atoms with van der Waals surface area (Å²) in [6.07, 6.45) is 3.44. The van der Waals surface area contributed by atoms with Crippen LogP contribution < -0.4 is 0 Å². The Morgan fingerprint density at radius 2 is 2.08 bits per heavy atom. The van der Waals surface area contributed by atoms with E-state index in [1.807, 2.05) is 12.1 Å². The maximum Gasteiger partial charge on any atom is 0.306 e. The number of epoxide rings is 1. The minimum atomic E-state index is -0.775. The summed E-state index contributed by atoms with van der Waals surface area (Å²) < 4.78 is 9.22. The zero-order valence-corrected chi connectivity index (χ0v) is 6.47. The highest BCUT2D eigenvalue weighted by Crippen LogP contribution is 2.12. The van der Waals surface area contributed by atoms with Gasteiger partial charge in [-0.3, -0.25) is 4.79 Å². The largest absolute Gasteiger partial charge is 0.481 e. The van der Waals surface area contributed by atoms with Crippen LogP contribution in [0.4, 0.5) is 0 Å². The Morgan fingerprint density at radius 3 is 2.25 bits per heavy atom. The minimum Gasteiger partial charge on any atom is -0.481 e. The van der Waals surface area contributed by atoms with Gasteiger partial charge in [0, 0.05) is 0 Å². The summed E-state index contributed by atoms with van der Waals surface area (Å²) in [6, 6.07) is 3.67. The van der Waals surface area contributed by atoms with Crippen molar-refractivity contribution in [3.8, 4) is 0 Å². The van der Waals surface area contributed by atoms with Crippen molar-refractivity contribution in [1.82, 2.24) is 0 Å². The van der Waals surface area contributed by atoms with Crippen molar-refractivity contribution in [2.45, 2.75) is 12.5 Å². The third kappa shape index (κ3) is 4.51. The average Bonchev–Trinajstić information content (AvgIpc) is 2.67. The molecule has 66 valence electrons. The lowest BCUT2D eigenvalue weighted by Crippen LogP contribution is -1.98. The van der Waals surface area contributed by atoms with Gasteiger partial charge in [0.1, 0.15) is 0 Å². The van der Waals surface area contributed by atoms with Crippen LogP contribution in [0.2, 0.25) is 0 Å². The molecule has 2 heterocycles. The van der Waals surface area contributed by atoms with Crippen molar-refractivity contribution < 1.29 is 19.1 Å². The van der Waals surface area contributed by atoms with Gasteiger partial charge in [-0.2, -0.15) is 0 Å². The van der Waals surface area contributed by atoms with Crippen LogP contribution in [0.15, 0.2) is 29.1 Å². The fraction of sp³-hybridized carbons (Fsp3) is 0.375. The Labute approximate surface area is 69.8 Å². The molecule has 2 rings (SSSR count). The molecule has 1 aromatic heterocycles. The SMILES string of the molecule is O=C(O)CC1CO1.c1ccoc1. The molecule has 0 bridgehead atoms. The van der Waals surface area contributed by atoms with E-state index < -0.39 is 5.97 Å². The topological polar surface area (TPSA) is 63.0 Å². The van der Waals surface area contributed by atoms with E-state index in [0.717, 1.165) is 0 Å². The van der Waals surface area contributed by atoms with Crippen LogP contribution in [0, 0.1) is 0 Å². The lowest BCUT2D eigenvalue weighted by molar-refractivity contribution is -0.137. The highest BCUT2D eigenvalue weighted by Gasteiger charge is 2.24. The number of carboxylic acid groups (broad SMARTS) is 1. The van der Waals surface area contributed by atoms with Crippen LogP contribution in [0.3, 0.4) is 0 Å². The van der Waals surface area contributed by atoms with E-state index in [4.69, 9.17) is 5.11 Å². The van der Waals surface area contributed by atoms with E-state index in [-0.39, 0.29) is 12.5 Å². The van der Waals surface area contributed by atoms with Crippen LogP contribution in [-0.2, 0) is 9.53 Å². The van der Waals surface area contributed by atoms with E-state index in [2.05, 4.69) is 9.15 Å². The van der Waals surface area contributed by atoms with E-state index in [0.29, 0.717) is 6.61 Å². The molecule has 0 spiro atoms. The lowest BCUT2D eigenvalue weighted by Gasteiger charge is -1.80. The Balaban J connectivity index is 0.000000127. The summed E-state index contributed by atoms with van der Waals surface area (Å²) in [5, 5.41) is 8.04. The number of aliphatic carboxylic acids is 1. The molecule has 1 aliphatic heterocycles. The van der Waals surface area contributed by atoms with Gasteiger partial charge in [-0.05, 0) is 12.1 Å². The summed E-state index contributed by atoms with van der Waals surface area (Å²) in [5.41, 5.74) is 0. The van der Waals surface area contributed by atoms with E-state index in [9.17, 15) is 4.79 Å². The molecule has 0 saturated carbocycles. The van der Waals surface area contributed by atoms with Crippen molar-refractivity contribution in [1.29, 1.82) is 0 Å². The first-order valence-corrected chi connectivity index (χ1v) is 3.59. The van der Waals surface area contributed by atoms with Crippen LogP contribution in [0.25, 0.3) is 0 Å². The first-order chi connectivity index (χ1) is 5.79. The highest BCUT2D eigenvalue weighted by atomic mass is 16.6. The zero-order chi connectivity index (χ0) is 8.81. The molecule has 0 radical (unpaired) electrons. The Kier molecular flexibility index (Phi) is 3.35. The first-order valence-electron chi connectivity index (χ1n) is 3.59. The maximum atomic E-state index is 9.77. The zero-order valence-electron chi connectivity index (χ0n) is 6.47. The predicted molar refractivity (Wildman–Crippen MR) is 40.7 cm³/mol. The highest BCUT2D eigenvalue weighted by molar-refractivity contribution is 5.67. The number of rotatable bonds is 2. The number of furan rings is 1. The van der Waals surface area contributed by atoms with E-state index in [1.54, 1.807) is 12.5 Å². The number of ether oxygens (including phenoxy) is 1.